The van der Waals surface area contributed by atoms with Crippen LogP contribution >= 0.6 is 0 Å². The molecule has 23 heavy (non-hydrogen) atoms. The summed E-state index contributed by atoms with van der Waals surface area (Å²) in [5, 5.41) is 3.17. The lowest BCUT2D eigenvalue weighted by atomic mass is 9.97. The molecule has 0 spiro atoms. The Balaban J connectivity index is 1.35. The highest BCUT2D eigenvalue weighted by Crippen LogP contribution is 2.30. The minimum absolute atomic E-state index is 0.105. The van der Waals surface area contributed by atoms with Crippen molar-refractivity contribution in [1.29, 1.82) is 0 Å². The zero-order valence-corrected chi connectivity index (χ0v) is 13.3. The fourth-order valence-electron chi connectivity index (χ4n) is 3.73. The van der Waals surface area contributed by atoms with Gasteiger partial charge in [-0.1, -0.05) is 25.0 Å². The lowest BCUT2D eigenvalue weighted by Gasteiger charge is -2.31. The summed E-state index contributed by atoms with van der Waals surface area (Å²) in [4.78, 5) is 18.9. The number of nitrogens with zero attached hydrogens (tertiary/aromatic N) is 2. The predicted molar refractivity (Wildman–Crippen MR) is 88.3 cm³/mol. The van der Waals surface area contributed by atoms with Crippen molar-refractivity contribution >= 4 is 17.1 Å². The normalized spacial score (nSPS) is 20.3. The highest BCUT2D eigenvalue weighted by molar-refractivity contribution is 5.75. The lowest BCUT2D eigenvalue weighted by Crippen LogP contribution is -2.47. The van der Waals surface area contributed by atoms with Crippen LogP contribution in [-0.2, 0) is 0 Å². The molecule has 1 aromatic carbocycles. The maximum absolute atomic E-state index is 12.3. The highest BCUT2D eigenvalue weighted by atomic mass is 16.3. The smallest absolute Gasteiger partial charge is 0.317 e. The summed E-state index contributed by atoms with van der Waals surface area (Å²) in [6.45, 7) is 1.56. The van der Waals surface area contributed by atoms with Gasteiger partial charge in [0.25, 0.3) is 0 Å². The van der Waals surface area contributed by atoms with Crippen LogP contribution in [0.3, 0.4) is 0 Å². The van der Waals surface area contributed by atoms with E-state index in [0.717, 1.165) is 55.8 Å². The van der Waals surface area contributed by atoms with Crippen molar-refractivity contribution in [1.82, 2.24) is 15.2 Å². The number of aromatic nitrogens is 1. The number of carbonyl (C=O) groups excluding carboxylic acids is 1. The first-order valence-electron chi connectivity index (χ1n) is 8.70. The fraction of sp³-hybridized carbons (Fsp3) is 0.556. The molecule has 1 aliphatic carbocycles. The number of piperidine rings is 1. The predicted octanol–water partition coefficient (Wildman–Crippen LogP) is 3.66. The summed E-state index contributed by atoms with van der Waals surface area (Å²) in [6, 6.07) is 8.37. The van der Waals surface area contributed by atoms with Gasteiger partial charge in [-0.25, -0.2) is 9.78 Å². The molecule has 1 saturated carbocycles. The molecule has 2 fully saturated rings. The summed E-state index contributed by atoms with van der Waals surface area (Å²) >= 11 is 0. The number of hydrogen-bond acceptors (Lipinski definition) is 3. The largest absolute Gasteiger partial charge is 0.440 e. The van der Waals surface area contributed by atoms with Gasteiger partial charge in [-0.3, -0.25) is 0 Å². The van der Waals surface area contributed by atoms with Crippen molar-refractivity contribution in [3.63, 3.8) is 0 Å². The van der Waals surface area contributed by atoms with Gasteiger partial charge in [0.05, 0.1) is 0 Å². The molecule has 2 aliphatic rings. The minimum atomic E-state index is 0.105. The van der Waals surface area contributed by atoms with Crippen LogP contribution < -0.4 is 5.32 Å². The quantitative estimate of drug-likeness (QED) is 0.920. The maximum atomic E-state index is 12.3. The van der Waals surface area contributed by atoms with Crippen LogP contribution in [0.4, 0.5) is 4.79 Å². The lowest BCUT2D eigenvalue weighted by molar-refractivity contribution is 0.174. The van der Waals surface area contributed by atoms with Crippen LogP contribution in [0.15, 0.2) is 28.7 Å². The molecule has 0 bridgehead atoms. The Bertz CT molecular complexity index is 649. The first-order valence-corrected chi connectivity index (χ1v) is 8.70. The van der Waals surface area contributed by atoms with Crippen molar-refractivity contribution in [2.24, 2.45) is 0 Å². The molecule has 1 aromatic heterocycles. The zero-order valence-electron chi connectivity index (χ0n) is 13.3. The van der Waals surface area contributed by atoms with E-state index in [1.165, 1.54) is 12.8 Å². The van der Waals surface area contributed by atoms with Crippen LogP contribution in [0.25, 0.3) is 11.1 Å². The van der Waals surface area contributed by atoms with Crippen molar-refractivity contribution in [2.45, 2.75) is 50.5 Å². The molecule has 5 nitrogen and oxygen atoms in total. The van der Waals surface area contributed by atoms with Gasteiger partial charge in [0.1, 0.15) is 5.52 Å². The van der Waals surface area contributed by atoms with Crippen molar-refractivity contribution in [3.05, 3.63) is 30.2 Å². The van der Waals surface area contributed by atoms with Crippen LogP contribution in [0.1, 0.15) is 50.3 Å². The molecular formula is C18H23N3O2. The molecule has 2 amide bonds. The van der Waals surface area contributed by atoms with Crippen LogP contribution in [0.5, 0.6) is 0 Å². The topological polar surface area (TPSA) is 58.4 Å². The molecule has 0 atom stereocenters. The molecule has 4 rings (SSSR count). The third kappa shape index (κ3) is 3.05. The third-order valence-electron chi connectivity index (χ3n) is 5.12. The average molecular weight is 313 g/mol. The second kappa shape index (κ2) is 6.22. The standard InChI is InChI=1S/C18H23N3O2/c22-18(19-14-5-1-2-6-14)21-11-9-13(10-12-21)17-20-15-7-3-4-8-16(15)23-17/h3-4,7-8,13-14H,1-2,5-6,9-12H2,(H,19,22). The van der Waals surface area contributed by atoms with E-state index >= 15 is 0 Å². The summed E-state index contributed by atoms with van der Waals surface area (Å²) in [6.07, 6.45) is 6.58. The van der Waals surface area contributed by atoms with Gasteiger partial charge in [-0.05, 0) is 37.8 Å². The molecule has 5 heteroatoms. The number of fused-ring (bicyclic) bond motifs is 1. The second-order valence-electron chi connectivity index (χ2n) is 6.71. The van der Waals surface area contributed by atoms with Gasteiger partial charge in [-0.15, -0.1) is 0 Å². The van der Waals surface area contributed by atoms with E-state index < -0.39 is 0 Å². The van der Waals surface area contributed by atoms with E-state index in [9.17, 15) is 4.79 Å². The highest BCUT2D eigenvalue weighted by Gasteiger charge is 2.28. The number of amides is 2. The van der Waals surface area contributed by atoms with E-state index in [4.69, 9.17) is 4.42 Å². The summed E-state index contributed by atoms with van der Waals surface area (Å²) in [5.41, 5.74) is 1.77. The van der Waals surface area contributed by atoms with E-state index in [1.54, 1.807) is 0 Å². The monoisotopic (exact) mass is 313 g/mol. The number of urea groups is 1. The maximum Gasteiger partial charge on any atom is 0.317 e. The molecule has 0 radical (unpaired) electrons. The molecule has 1 saturated heterocycles. The van der Waals surface area contributed by atoms with Gasteiger partial charge < -0.3 is 14.6 Å². The molecular weight excluding hydrogens is 290 g/mol. The molecule has 2 aromatic rings. The first kappa shape index (κ1) is 14.5. The van der Waals surface area contributed by atoms with E-state index in [2.05, 4.69) is 10.3 Å². The van der Waals surface area contributed by atoms with Gasteiger partial charge in [0, 0.05) is 25.0 Å². The van der Waals surface area contributed by atoms with E-state index in [-0.39, 0.29) is 6.03 Å². The van der Waals surface area contributed by atoms with Crippen molar-refractivity contribution in [3.8, 4) is 0 Å². The molecule has 1 aliphatic heterocycles. The zero-order chi connectivity index (χ0) is 15.6. The van der Waals surface area contributed by atoms with E-state index in [1.807, 2.05) is 29.2 Å². The Morgan fingerprint density at radius 1 is 1.13 bits per heavy atom. The summed E-state index contributed by atoms with van der Waals surface area (Å²) < 4.78 is 5.88. The van der Waals surface area contributed by atoms with Gasteiger partial charge in [-0.2, -0.15) is 0 Å². The Kier molecular flexibility index (Phi) is 3.93. The third-order valence-corrected chi connectivity index (χ3v) is 5.12. The van der Waals surface area contributed by atoms with Gasteiger partial charge in [0.15, 0.2) is 11.5 Å². The van der Waals surface area contributed by atoms with Crippen LogP contribution in [-0.4, -0.2) is 35.0 Å². The number of likely N-dealkylation sites (tertiary alicyclic amines) is 1. The molecule has 1 N–H and O–H groups in total. The van der Waals surface area contributed by atoms with E-state index in [0.29, 0.717) is 12.0 Å². The minimum Gasteiger partial charge on any atom is -0.440 e. The van der Waals surface area contributed by atoms with Crippen molar-refractivity contribution in [2.75, 3.05) is 13.1 Å². The van der Waals surface area contributed by atoms with Gasteiger partial charge in [0.2, 0.25) is 0 Å². The number of carbonyl (C=O) groups is 1. The average Bonchev–Trinajstić information content (AvgIpc) is 3.24. The molecule has 0 unspecified atom stereocenters. The Labute approximate surface area is 136 Å². The number of hydrogen-bond donors (Lipinski definition) is 1. The fourth-order valence-corrected chi connectivity index (χ4v) is 3.73. The van der Waals surface area contributed by atoms with Crippen LogP contribution in [0, 0.1) is 0 Å². The second-order valence-corrected chi connectivity index (χ2v) is 6.71. The Hall–Kier alpha value is -2.04. The number of rotatable bonds is 2. The summed E-state index contributed by atoms with van der Waals surface area (Å²) in [5.74, 6) is 1.14. The first-order chi connectivity index (χ1) is 11.3. The molecule has 122 valence electrons. The SMILES string of the molecule is O=C(NC1CCCC1)N1CCC(c2nc3ccccc3o2)CC1. The Morgan fingerprint density at radius 3 is 2.61 bits per heavy atom. The number of oxazole rings is 1. The van der Waals surface area contributed by atoms with Crippen LogP contribution in [0.2, 0.25) is 0 Å². The summed E-state index contributed by atoms with van der Waals surface area (Å²) in [7, 11) is 0. The van der Waals surface area contributed by atoms with Crippen molar-refractivity contribution < 1.29 is 9.21 Å². The Morgan fingerprint density at radius 2 is 1.87 bits per heavy atom. The number of nitrogens with one attached hydrogen (secondary N) is 1. The number of para-hydroxylation sites is 2. The number of benzene rings is 1. The van der Waals surface area contributed by atoms with Gasteiger partial charge >= 0.3 is 6.03 Å². The molecule has 2 heterocycles.